The van der Waals surface area contributed by atoms with E-state index in [1.165, 1.54) is 12.1 Å². The van der Waals surface area contributed by atoms with Gasteiger partial charge in [0, 0.05) is 6.07 Å². The van der Waals surface area contributed by atoms with Gasteiger partial charge in [0.15, 0.2) is 12.2 Å². The first-order valence-corrected chi connectivity index (χ1v) is 6.34. The van der Waals surface area contributed by atoms with Crippen LogP contribution in [0.15, 0.2) is 40.8 Å². The number of fused-ring (bicyclic) bond motifs is 1. The zero-order valence-corrected chi connectivity index (χ0v) is 11.3. The molecule has 2 aromatic carbocycles. The molecule has 0 atom stereocenters. The zero-order valence-electron chi connectivity index (χ0n) is 11.3. The minimum atomic E-state index is -0.378. The van der Waals surface area contributed by atoms with Gasteiger partial charge in [0.1, 0.15) is 23.2 Å². The van der Waals surface area contributed by atoms with Crippen LogP contribution in [-0.2, 0) is 6.61 Å². The molecule has 5 heteroatoms. The van der Waals surface area contributed by atoms with E-state index in [9.17, 15) is 4.39 Å². The van der Waals surface area contributed by atoms with E-state index in [-0.39, 0.29) is 12.4 Å². The van der Waals surface area contributed by atoms with Gasteiger partial charge in [0.25, 0.3) is 0 Å². The van der Waals surface area contributed by atoms with Gasteiger partial charge in [-0.2, -0.15) is 5.26 Å². The molecule has 0 spiro atoms. The Hall–Kier alpha value is -2.87. The van der Waals surface area contributed by atoms with Crippen molar-refractivity contribution in [3.8, 4) is 11.8 Å². The first-order chi connectivity index (χ1) is 10.2. The number of nitrogens with zero attached hydrogens (tertiary/aromatic N) is 2. The predicted molar refractivity (Wildman–Crippen MR) is 74.2 cm³/mol. The Labute approximate surface area is 120 Å². The quantitative estimate of drug-likeness (QED) is 0.734. The van der Waals surface area contributed by atoms with Crippen LogP contribution in [0, 0.1) is 24.1 Å². The van der Waals surface area contributed by atoms with E-state index in [0.717, 1.165) is 5.56 Å². The summed E-state index contributed by atoms with van der Waals surface area (Å²) in [5.41, 5.74) is 2.38. The molecule has 0 unspecified atom stereocenters. The molecular weight excluding hydrogens is 271 g/mol. The van der Waals surface area contributed by atoms with Crippen molar-refractivity contribution in [2.24, 2.45) is 0 Å². The highest BCUT2D eigenvalue weighted by Crippen LogP contribution is 2.22. The topological polar surface area (TPSA) is 59.1 Å². The Morgan fingerprint density at radius 2 is 2.14 bits per heavy atom. The van der Waals surface area contributed by atoms with Crippen molar-refractivity contribution in [2.45, 2.75) is 13.5 Å². The zero-order chi connectivity index (χ0) is 14.8. The molecule has 0 fully saturated rings. The lowest BCUT2D eigenvalue weighted by Crippen LogP contribution is -1.97. The standard InChI is InChI=1S/C16H11FN2O2/c1-10-2-5-14(11(6-10)8-18)20-9-16-19-13-4-3-12(17)7-15(13)21-16/h2-7H,9H2,1H3. The van der Waals surface area contributed by atoms with E-state index in [0.29, 0.717) is 28.3 Å². The van der Waals surface area contributed by atoms with Gasteiger partial charge in [0.2, 0.25) is 5.89 Å². The van der Waals surface area contributed by atoms with Crippen LogP contribution in [0.2, 0.25) is 0 Å². The van der Waals surface area contributed by atoms with Gasteiger partial charge >= 0.3 is 0 Å². The van der Waals surface area contributed by atoms with Crippen LogP contribution in [0.3, 0.4) is 0 Å². The molecule has 0 radical (unpaired) electrons. The van der Waals surface area contributed by atoms with E-state index >= 15 is 0 Å². The molecular formula is C16H11FN2O2. The van der Waals surface area contributed by atoms with Crippen LogP contribution in [0.5, 0.6) is 5.75 Å². The first-order valence-electron chi connectivity index (χ1n) is 6.34. The molecule has 3 aromatic rings. The monoisotopic (exact) mass is 282 g/mol. The third kappa shape index (κ3) is 2.70. The summed E-state index contributed by atoms with van der Waals surface area (Å²) in [5.74, 6) is 0.424. The van der Waals surface area contributed by atoms with Gasteiger partial charge in [-0.05, 0) is 36.8 Å². The lowest BCUT2D eigenvalue weighted by molar-refractivity contribution is 0.266. The number of nitriles is 1. The number of oxazole rings is 1. The molecule has 21 heavy (non-hydrogen) atoms. The molecule has 1 aromatic heterocycles. The molecule has 0 saturated carbocycles. The van der Waals surface area contributed by atoms with E-state index in [1.807, 2.05) is 13.0 Å². The number of rotatable bonds is 3. The van der Waals surface area contributed by atoms with E-state index < -0.39 is 0 Å². The highest BCUT2D eigenvalue weighted by Gasteiger charge is 2.09. The third-order valence-electron chi connectivity index (χ3n) is 3.00. The summed E-state index contributed by atoms with van der Waals surface area (Å²) in [6.07, 6.45) is 0. The van der Waals surface area contributed by atoms with Gasteiger partial charge in [-0.25, -0.2) is 9.37 Å². The van der Waals surface area contributed by atoms with Crippen LogP contribution >= 0.6 is 0 Å². The maximum atomic E-state index is 13.1. The van der Waals surface area contributed by atoms with Crippen molar-refractivity contribution in [3.63, 3.8) is 0 Å². The molecule has 3 rings (SSSR count). The van der Waals surface area contributed by atoms with Gasteiger partial charge in [-0.3, -0.25) is 0 Å². The summed E-state index contributed by atoms with van der Waals surface area (Å²) in [6.45, 7) is 1.98. The number of aryl methyl sites for hydroxylation is 1. The molecule has 0 aliphatic heterocycles. The Kier molecular flexibility index (Phi) is 3.28. The fourth-order valence-corrected chi connectivity index (χ4v) is 2.00. The van der Waals surface area contributed by atoms with E-state index in [1.54, 1.807) is 18.2 Å². The third-order valence-corrected chi connectivity index (χ3v) is 3.00. The molecule has 0 aliphatic carbocycles. The van der Waals surface area contributed by atoms with Gasteiger partial charge in [-0.1, -0.05) is 6.07 Å². The van der Waals surface area contributed by atoms with Crippen LogP contribution in [0.25, 0.3) is 11.1 Å². The fraction of sp³-hybridized carbons (Fsp3) is 0.125. The average molecular weight is 282 g/mol. The van der Waals surface area contributed by atoms with Crippen molar-refractivity contribution in [3.05, 3.63) is 59.2 Å². The largest absolute Gasteiger partial charge is 0.482 e. The van der Waals surface area contributed by atoms with Gasteiger partial charge in [-0.15, -0.1) is 0 Å². The molecule has 1 heterocycles. The van der Waals surface area contributed by atoms with Crippen LogP contribution in [-0.4, -0.2) is 4.98 Å². The van der Waals surface area contributed by atoms with Crippen molar-refractivity contribution < 1.29 is 13.5 Å². The maximum Gasteiger partial charge on any atom is 0.233 e. The summed E-state index contributed by atoms with van der Waals surface area (Å²) in [4.78, 5) is 4.20. The molecule has 0 bridgehead atoms. The number of halogens is 1. The van der Waals surface area contributed by atoms with Crippen LogP contribution in [0.4, 0.5) is 4.39 Å². The summed E-state index contributed by atoms with van der Waals surface area (Å²) in [7, 11) is 0. The fourth-order valence-electron chi connectivity index (χ4n) is 2.00. The number of ether oxygens (including phenoxy) is 1. The second-order valence-electron chi connectivity index (χ2n) is 4.62. The second-order valence-corrected chi connectivity index (χ2v) is 4.62. The second kappa shape index (κ2) is 5.25. The SMILES string of the molecule is Cc1ccc(OCc2nc3ccc(F)cc3o2)c(C#N)c1. The summed E-state index contributed by atoms with van der Waals surface area (Å²) in [5, 5.41) is 9.07. The number of aromatic nitrogens is 1. The Bertz CT molecular complexity index is 849. The summed E-state index contributed by atoms with van der Waals surface area (Å²) >= 11 is 0. The Balaban J connectivity index is 1.82. The molecule has 0 amide bonds. The lowest BCUT2D eigenvalue weighted by Gasteiger charge is -2.05. The summed E-state index contributed by atoms with van der Waals surface area (Å²) < 4.78 is 24.0. The van der Waals surface area contributed by atoms with Gasteiger partial charge < -0.3 is 9.15 Å². The average Bonchev–Trinajstić information content (AvgIpc) is 2.87. The highest BCUT2D eigenvalue weighted by molar-refractivity contribution is 5.72. The highest BCUT2D eigenvalue weighted by atomic mass is 19.1. The normalized spacial score (nSPS) is 10.5. The number of benzene rings is 2. The van der Waals surface area contributed by atoms with Crippen molar-refractivity contribution in [2.75, 3.05) is 0 Å². The summed E-state index contributed by atoms with van der Waals surface area (Å²) in [6, 6.07) is 11.6. The smallest absolute Gasteiger partial charge is 0.233 e. The van der Waals surface area contributed by atoms with Crippen molar-refractivity contribution in [1.82, 2.24) is 4.98 Å². The Morgan fingerprint density at radius 1 is 1.29 bits per heavy atom. The van der Waals surface area contributed by atoms with Crippen molar-refractivity contribution in [1.29, 1.82) is 5.26 Å². The minimum absolute atomic E-state index is 0.0774. The lowest BCUT2D eigenvalue weighted by atomic mass is 10.1. The van der Waals surface area contributed by atoms with E-state index in [2.05, 4.69) is 11.1 Å². The number of hydrogen-bond donors (Lipinski definition) is 0. The molecule has 104 valence electrons. The Morgan fingerprint density at radius 3 is 2.95 bits per heavy atom. The molecule has 4 nitrogen and oxygen atoms in total. The number of hydrogen-bond acceptors (Lipinski definition) is 4. The van der Waals surface area contributed by atoms with Crippen LogP contribution in [0.1, 0.15) is 17.0 Å². The minimum Gasteiger partial charge on any atom is -0.482 e. The molecule has 0 aliphatic rings. The predicted octanol–water partition coefficient (Wildman–Crippen LogP) is 3.73. The molecule has 0 N–H and O–H groups in total. The first kappa shape index (κ1) is 13.1. The van der Waals surface area contributed by atoms with Gasteiger partial charge in [0.05, 0.1) is 5.56 Å². The van der Waals surface area contributed by atoms with Crippen LogP contribution < -0.4 is 4.74 Å². The van der Waals surface area contributed by atoms with E-state index in [4.69, 9.17) is 14.4 Å². The van der Waals surface area contributed by atoms with Crippen molar-refractivity contribution >= 4 is 11.1 Å². The maximum absolute atomic E-state index is 13.1. The molecule has 0 saturated heterocycles.